The van der Waals surface area contributed by atoms with Crippen molar-refractivity contribution in [3.63, 3.8) is 0 Å². The van der Waals surface area contributed by atoms with Crippen molar-refractivity contribution in [3.05, 3.63) is 52.7 Å². The third-order valence-electron chi connectivity index (χ3n) is 3.25. The van der Waals surface area contributed by atoms with Crippen molar-refractivity contribution >= 4 is 0 Å². The monoisotopic (exact) mass is 245 g/mol. The molecule has 0 aliphatic rings. The van der Waals surface area contributed by atoms with E-state index in [9.17, 15) is 0 Å². The lowest BCUT2D eigenvalue weighted by atomic mass is 9.99. The second kappa shape index (κ2) is 4.93. The van der Waals surface area contributed by atoms with Crippen molar-refractivity contribution < 1.29 is 11.4 Å². The minimum absolute atomic E-state index is 0.333. The van der Waals surface area contributed by atoms with Crippen LogP contribution in [-0.2, 0) is 13.4 Å². The molecule has 0 saturated heterocycles. The minimum Gasteiger partial charge on any atom is -0.201 e. The molecule has 1 nitrogen and oxygen atoms in total. The SMILES string of the molecule is [2H]C([2H])([2H])c1ccc(-c2cc(C)c(C([2H])([2H])C)c[n+]2C)c(C)c1. The Morgan fingerprint density at radius 1 is 1.22 bits per heavy atom. The van der Waals surface area contributed by atoms with E-state index < -0.39 is 13.2 Å². The van der Waals surface area contributed by atoms with Crippen LogP contribution in [0.4, 0.5) is 0 Å². The second-order valence-corrected chi connectivity index (χ2v) is 4.65. The van der Waals surface area contributed by atoms with E-state index in [1.165, 1.54) is 0 Å². The number of pyridine rings is 1. The summed E-state index contributed by atoms with van der Waals surface area (Å²) in [6.07, 6.45) is 0.405. The third-order valence-corrected chi connectivity index (χ3v) is 3.25. The topological polar surface area (TPSA) is 3.88 Å². The number of hydrogen-bond acceptors (Lipinski definition) is 0. The standard InChI is InChI=1S/C17H22N/c1-6-15-11-18(5)17(10-13(15)3)16-8-7-12(2)9-14(16)4/h7-11H,6H2,1-5H3/q+1/i2D3,6D2. The second-order valence-electron chi connectivity index (χ2n) is 4.65. The molecule has 1 heteroatoms. The molecule has 0 radical (unpaired) electrons. The van der Waals surface area contributed by atoms with Gasteiger partial charge in [0.05, 0.1) is 0 Å². The van der Waals surface area contributed by atoms with Gasteiger partial charge >= 0.3 is 0 Å². The van der Waals surface area contributed by atoms with Gasteiger partial charge in [-0.2, -0.15) is 0 Å². The molecular weight excluding hydrogens is 218 g/mol. The number of aryl methyl sites for hydroxylation is 5. The van der Waals surface area contributed by atoms with Crippen molar-refractivity contribution in [1.82, 2.24) is 0 Å². The Morgan fingerprint density at radius 3 is 2.61 bits per heavy atom. The molecule has 0 N–H and O–H groups in total. The Morgan fingerprint density at radius 2 is 2.00 bits per heavy atom. The van der Waals surface area contributed by atoms with E-state index >= 15 is 0 Å². The first kappa shape index (κ1) is 7.73. The molecule has 1 aromatic carbocycles. The van der Waals surface area contributed by atoms with Gasteiger partial charge in [0, 0.05) is 24.0 Å². The average molecular weight is 245 g/mol. The third kappa shape index (κ3) is 2.31. The van der Waals surface area contributed by atoms with E-state index in [0.717, 1.165) is 22.4 Å². The summed E-state index contributed by atoms with van der Waals surface area (Å²) < 4.78 is 40.2. The Bertz CT molecular complexity index is 742. The van der Waals surface area contributed by atoms with Gasteiger partial charge in [0.25, 0.3) is 0 Å². The van der Waals surface area contributed by atoms with E-state index in [0.29, 0.717) is 11.1 Å². The summed E-state index contributed by atoms with van der Waals surface area (Å²) >= 11 is 0. The van der Waals surface area contributed by atoms with Crippen LogP contribution in [0, 0.1) is 20.7 Å². The first-order chi connectivity index (χ1) is 10.4. The highest BCUT2D eigenvalue weighted by Gasteiger charge is 2.14. The number of hydrogen-bond donors (Lipinski definition) is 0. The normalized spacial score (nSPS) is 16.3. The molecule has 18 heavy (non-hydrogen) atoms. The van der Waals surface area contributed by atoms with Crippen LogP contribution in [0.15, 0.2) is 30.5 Å². The van der Waals surface area contributed by atoms with Crippen LogP contribution in [0.1, 0.15) is 36.0 Å². The van der Waals surface area contributed by atoms with Crippen molar-refractivity contribution in [2.24, 2.45) is 7.05 Å². The molecule has 2 aromatic rings. The van der Waals surface area contributed by atoms with Crippen molar-refractivity contribution in [2.45, 2.75) is 34.0 Å². The highest BCUT2D eigenvalue weighted by Crippen LogP contribution is 2.23. The predicted molar refractivity (Wildman–Crippen MR) is 76.6 cm³/mol. The van der Waals surface area contributed by atoms with E-state index in [1.807, 2.05) is 43.8 Å². The lowest BCUT2D eigenvalue weighted by Gasteiger charge is -2.08. The maximum absolute atomic E-state index is 7.92. The molecule has 0 aliphatic heterocycles. The molecule has 0 fully saturated rings. The highest BCUT2D eigenvalue weighted by atomic mass is 14.9. The van der Waals surface area contributed by atoms with E-state index in [-0.39, 0.29) is 0 Å². The average Bonchev–Trinajstić information content (AvgIpc) is 2.39. The van der Waals surface area contributed by atoms with Gasteiger partial charge in [0.1, 0.15) is 7.05 Å². The van der Waals surface area contributed by atoms with Crippen LogP contribution in [0.2, 0.25) is 0 Å². The number of benzene rings is 1. The zero-order valence-electron chi connectivity index (χ0n) is 16.3. The first-order valence-corrected chi connectivity index (χ1v) is 6.03. The van der Waals surface area contributed by atoms with Gasteiger partial charge in [-0.05, 0) is 44.3 Å². The molecule has 1 aromatic heterocycles. The van der Waals surface area contributed by atoms with Crippen LogP contribution >= 0.6 is 0 Å². The lowest BCUT2D eigenvalue weighted by molar-refractivity contribution is -0.660. The predicted octanol–water partition coefficient (Wildman–Crippen LogP) is 3.67. The Hall–Kier alpha value is -1.63. The molecule has 0 atom stereocenters. The molecule has 94 valence electrons. The maximum Gasteiger partial charge on any atom is 0.212 e. The van der Waals surface area contributed by atoms with Crippen LogP contribution in [-0.4, -0.2) is 0 Å². The fourth-order valence-corrected chi connectivity index (χ4v) is 2.23. The Kier molecular flexibility index (Phi) is 2.12. The first-order valence-electron chi connectivity index (χ1n) is 8.53. The molecule has 0 bridgehead atoms. The molecule has 0 aliphatic carbocycles. The van der Waals surface area contributed by atoms with Crippen molar-refractivity contribution in [2.75, 3.05) is 0 Å². The Labute approximate surface area is 117 Å². The van der Waals surface area contributed by atoms with Crippen LogP contribution in [0.25, 0.3) is 11.3 Å². The largest absolute Gasteiger partial charge is 0.212 e. The summed E-state index contributed by atoms with van der Waals surface area (Å²) in [7, 11) is 1.88. The molecule has 0 spiro atoms. The Balaban J connectivity index is 2.58. The smallest absolute Gasteiger partial charge is 0.201 e. The van der Waals surface area contributed by atoms with Gasteiger partial charge < -0.3 is 0 Å². The van der Waals surface area contributed by atoms with Gasteiger partial charge in [0.15, 0.2) is 6.20 Å². The zero-order valence-corrected chi connectivity index (χ0v) is 11.3. The summed E-state index contributed by atoms with van der Waals surface area (Å²) in [5.41, 5.74) is 4.64. The van der Waals surface area contributed by atoms with E-state index in [1.54, 1.807) is 19.1 Å². The molecular formula is C17H22N+. The number of nitrogens with zero attached hydrogens (tertiary/aromatic N) is 1. The van der Waals surface area contributed by atoms with Gasteiger partial charge in [-0.25, -0.2) is 4.57 Å². The summed E-state index contributed by atoms with van der Waals surface area (Å²) in [5, 5.41) is 0. The van der Waals surface area contributed by atoms with Crippen LogP contribution in [0.3, 0.4) is 0 Å². The van der Waals surface area contributed by atoms with Gasteiger partial charge in [-0.15, -0.1) is 0 Å². The number of aromatic nitrogens is 1. The molecule has 2 rings (SSSR count). The summed E-state index contributed by atoms with van der Waals surface area (Å²) in [5.74, 6) is 0. The summed E-state index contributed by atoms with van der Waals surface area (Å²) in [6.45, 7) is 3.23. The van der Waals surface area contributed by atoms with Crippen LogP contribution in [0.5, 0.6) is 0 Å². The van der Waals surface area contributed by atoms with E-state index in [2.05, 4.69) is 0 Å². The number of rotatable bonds is 2. The van der Waals surface area contributed by atoms with Crippen molar-refractivity contribution in [3.8, 4) is 11.3 Å². The van der Waals surface area contributed by atoms with Gasteiger partial charge in [-0.1, -0.05) is 24.6 Å². The fraction of sp³-hybridized carbons (Fsp3) is 0.353. The quantitative estimate of drug-likeness (QED) is 0.711. The molecule has 0 saturated carbocycles. The highest BCUT2D eigenvalue weighted by molar-refractivity contribution is 5.62. The van der Waals surface area contributed by atoms with Gasteiger partial charge in [0.2, 0.25) is 5.69 Å². The lowest BCUT2D eigenvalue weighted by Crippen LogP contribution is -2.32. The van der Waals surface area contributed by atoms with Crippen LogP contribution < -0.4 is 4.57 Å². The molecule has 1 heterocycles. The fourth-order valence-electron chi connectivity index (χ4n) is 2.23. The minimum atomic E-state index is -2.11. The summed E-state index contributed by atoms with van der Waals surface area (Å²) in [4.78, 5) is 0. The summed E-state index contributed by atoms with van der Waals surface area (Å²) in [6, 6.07) is 7.11. The molecule has 0 amide bonds. The van der Waals surface area contributed by atoms with E-state index in [4.69, 9.17) is 6.85 Å². The maximum atomic E-state index is 7.92. The molecule has 0 unspecified atom stereocenters. The van der Waals surface area contributed by atoms with Gasteiger partial charge in [-0.3, -0.25) is 0 Å². The zero-order chi connectivity index (χ0) is 17.6. The van der Waals surface area contributed by atoms with Crippen molar-refractivity contribution in [1.29, 1.82) is 0 Å².